The highest BCUT2D eigenvalue weighted by atomic mass is 28.3. The van der Waals surface area contributed by atoms with Gasteiger partial charge in [-0.3, -0.25) is 19.3 Å². The summed E-state index contributed by atoms with van der Waals surface area (Å²) in [7, 11) is -0.813. The number of rotatable bonds is 8. The van der Waals surface area contributed by atoms with E-state index >= 15 is 4.79 Å². The third-order valence-corrected chi connectivity index (χ3v) is 15.5. The van der Waals surface area contributed by atoms with E-state index < -0.39 is 19.8 Å². The van der Waals surface area contributed by atoms with Gasteiger partial charge >= 0.3 is 0 Å². The summed E-state index contributed by atoms with van der Waals surface area (Å²) < 4.78 is 12.7. The Morgan fingerprint density at radius 1 is 1.02 bits per heavy atom. The molecule has 4 aliphatic rings. The first kappa shape index (κ1) is 31.6. The second kappa shape index (κ2) is 11.9. The van der Waals surface area contributed by atoms with Crippen molar-refractivity contribution in [3.63, 3.8) is 0 Å². The average Bonchev–Trinajstić information content (AvgIpc) is 3.74. The van der Waals surface area contributed by atoms with E-state index in [-0.39, 0.29) is 48.3 Å². The fourth-order valence-corrected chi connectivity index (χ4v) is 12.7. The van der Waals surface area contributed by atoms with Crippen molar-refractivity contribution in [3.8, 4) is 5.75 Å². The minimum Gasteiger partial charge on any atom is -0.497 e. The molecular formula is C37H43N3O6Si. The van der Waals surface area contributed by atoms with Crippen molar-refractivity contribution in [2.75, 3.05) is 36.6 Å². The van der Waals surface area contributed by atoms with Crippen LogP contribution in [0, 0.1) is 5.92 Å². The standard InChI is InChI=1S/C37H43N3O6Si/c1-24-35(47(3,4)29-15-13-28(45-2)14-16-29)32(22-34(43)38-19-8-11-27(38)23-41)46-37(24)30-21-26(39-20-18-33(39)42)12-17-31(30)40(36(37)44)25-9-6-5-7-10-25/h5-7,9-10,12-17,21,24,27,32,35,41H,8,11,18-20,22-23H2,1-4H3/t24-,27-,32+,35-,37+/m0/s1. The number of amides is 3. The zero-order valence-corrected chi connectivity index (χ0v) is 28.5. The molecule has 1 spiro atoms. The lowest BCUT2D eigenvalue weighted by Gasteiger charge is -2.37. The van der Waals surface area contributed by atoms with Crippen LogP contribution in [-0.2, 0) is 24.7 Å². The van der Waals surface area contributed by atoms with E-state index in [1.54, 1.807) is 21.8 Å². The Balaban J connectivity index is 1.37. The van der Waals surface area contributed by atoms with Crippen molar-refractivity contribution < 1.29 is 29.0 Å². The molecule has 4 heterocycles. The summed E-state index contributed by atoms with van der Waals surface area (Å²) in [6.45, 7) is 7.88. The van der Waals surface area contributed by atoms with E-state index in [9.17, 15) is 14.7 Å². The molecule has 9 nitrogen and oxygen atoms in total. The fourth-order valence-electron chi connectivity index (χ4n) is 8.66. The van der Waals surface area contributed by atoms with Crippen LogP contribution in [0.15, 0.2) is 72.8 Å². The molecule has 0 aromatic heterocycles. The van der Waals surface area contributed by atoms with E-state index in [0.717, 1.165) is 41.2 Å². The lowest BCUT2D eigenvalue weighted by molar-refractivity contribution is -0.149. The Hall–Kier alpha value is -3.99. The van der Waals surface area contributed by atoms with Crippen molar-refractivity contribution in [2.45, 2.75) is 69.0 Å². The number of methoxy groups -OCH3 is 1. The zero-order valence-electron chi connectivity index (χ0n) is 27.5. The quantitative estimate of drug-likeness (QED) is 0.280. The topological polar surface area (TPSA) is 99.6 Å². The van der Waals surface area contributed by atoms with Crippen molar-refractivity contribution in [1.82, 2.24) is 4.90 Å². The summed E-state index contributed by atoms with van der Waals surface area (Å²) in [6.07, 6.45) is 1.72. The number of likely N-dealkylation sites (tertiary alicyclic amines) is 1. The van der Waals surface area contributed by atoms with Crippen molar-refractivity contribution in [2.24, 2.45) is 5.92 Å². The molecule has 7 rings (SSSR count). The van der Waals surface area contributed by atoms with Crippen molar-refractivity contribution >= 4 is 48.0 Å². The van der Waals surface area contributed by atoms with Gasteiger partial charge in [-0.05, 0) is 60.8 Å². The molecule has 3 amide bonds. The number of fused-ring (bicyclic) bond motifs is 2. The minimum absolute atomic E-state index is 0.0501. The van der Waals surface area contributed by atoms with Gasteiger partial charge in [0.15, 0.2) is 5.60 Å². The predicted octanol–water partition coefficient (Wildman–Crippen LogP) is 4.70. The molecule has 47 heavy (non-hydrogen) atoms. The Morgan fingerprint density at radius 3 is 2.40 bits per heavy atom. The van der Waals surface area contributed by atoms with Gasteiger partial charge in [-0.15, -0.1) is 0 Å². The number of para-hydroxylation sites is 1. The first-order chi connectivity index (χ1) is 22.6. The molecule has 0 saturated carbocycles. The lowest BCUT2D eigenvalue weighted by atomic mass is 9.82. The van der Waals surface area contributed by atoms with Crippen LogP contribution in [0.25, 0.3) is 0 Å². The minimum atomic E-state index is -2.46. The van der Waals surface area contributed by atoms with Gasteiger partial charge in [0.1, 0.15) is 5.75 Å². The van der Waals surface area contributed by atoms with Crippen molar-refractivity contribution in [3.05, 3.63) is 78.4 Å². The number of nitrogens with zero attached hydrogens (tertiary/aromatic N) is 3. The number of anilines is 3. The summed E-state index contributed by atoms with van der Waals surface area (Å²) in [5.74, 6) is 0.312. The zero-order chi connectivity index (χ0) is 33.1. The molecule has 246 valence electrons. The van der Waals surface area contributed by atoms with Crippen LogP contribution in [0.1, 0.15) is 38.2 Å². The van der Waals surface area contributed by atoms with Gasteiger partial charge in [-0.2, -0.15) is 0 Å². The molecule has 3 saturated heterocycles. The predicted molar refractivity (Wildman–Crippen MR) is 183 cm³/mol. The normalized spacial score (nSPS) is 27.0. The van der Waals surface area contributed by atoms with Gasteiger partial charge in [-0.25, -0.2) is 0 Å². The second-order valence-corrected chi connectivity index (χ2v) is 18.6. The molecule has 3 aromatic rings. The van der Waals surface area contributed by atoms with Gasteiger partial charge in [-0.1, -0.05) is 55.5 Å². The number of ether oxygens (including phenoxy) is 2. The maximum absolute atomic E-state index is 15.1. The maximum atomic E-state index is 15.1. The van der Waals surface area contributed by atoms with E-state index in [1.807, 2.05) is 60.7 Å². The number of β-lactam (4-membered cyclic amide) rings is 1. The first-order valence-corrected chi connectivity index (χ1v) is 19.8. The fraction of sp³-hybridized carbons (Fsp3) is 0.432. The molecule has 0 bridgehead atoms. The Morgan fingerprint density at radius 2 is 1.77 bits per heavy atom. The Kier molecular flexibility index (Phi) is 8.01. The summed E-state index contributed by atoms with van der Waals surface area (Å²) in [5, 5.41) is 11.2. The van der Waals surface area contributed by atoms with Crippen molar-refractivity contribution in [1.29, 1.82) is 0 Å². The van der Waals surface area contributed by atoms with Gasteiger partial charge in [0, 0.05) is 42.4 Å². The summed E-state index contributed by atoms with van der Waals surface area (Å²) in [4.78, 5) is 46.9. The molecule has 3 fully saturated rings. The largest absolute Gasteiger partial charge is 0.497 e. The lowest BCUT2D eigenvalue weighted by Crippen LogP contribution is -2.52. The SMILES string of the molecule is COc1ccc([Si](C)(C)[C@@H]2[C@@H](CC(=O)N3CCC[C@H]3CO)O[C@]3(C(=O)N(c4ccccc4)c4ccc(N5CCC5=O)cc43)[C@H]2C)cc1. The maximum Gasteiger partial charge on any atom is 0.268 e. The molecule has 0 radical (unpaired) electrons. The summed E-state index contributed by atoms with van der Waals surface area (Å²) in [6, 6.07) is 23.4. The summed E-state index contributed by atoms with van der Waals surface area (Å²) in [5.41, 5.74) is 1.50. The molecule has 10 heteroatoms. The Bertz CT molecular complexity index is 1700. The highest BCUT2D eigenvalue weighted by Crippen LogP contribution is 2.61. The second-order valence-electron chi connectivity index (χ2n) is 13.9. The van der Waals surface area contributed by atoms with Crippen LogP contribution in [0.5, 0.6) is 5.75 Å². The van der Waals surface area contributed by atoms with E-state index in [2.05, 4.69) is 32.2 Å². The van der Waals surface area contributed by atoms with Crippen LogP contribution in [0.2, 0.25) is 18.6 Å². The number of hydrogen-bond donors (Lipinski definition) is 1. The molecule has 4 aliphatic heterocycles. The Labute approximate surface area is 277 Å². The number of carbonyl (C=O) groups is 3. The van der Waals surface area contributed by atoms with E-state index in [4.69, 9.17) is 9.47 Å². The molecular weight excluding hydrogens is 611 g/mol. The van der Waals surface area contributed by atoms with Crippen LogP contribution in [0.3, 0.4) is 0 Å². The average molecular weight is 654 g/mol. The van der Waals surface area contributed by atoms with E-state index in [1.165, 1.54) is 5.19 Å². The van der Waals surface area contributed by atoms with Gasteiger partial charge in [0.05, 0.1) is 46.0 Å². The number of benzene rings is 3. The molecule has 0 unspecified atom stereocenters. The number of hydrogen-bond acceptors (Lipinski definition) is 6. The monoisotopic (exact) mass is 653 g/mol. The van der Waals surface area contributed by atoms with Gasteiger partial charge in [0.2, 0.25) is 11.8 Å². The highest BCUT2D eigenvalue weighted by molar-refractivity contribution is 6.91. The number of carbonyl (C=O) groups excluding carboxylic acids is 3. The molecule has 3 aromatic carbocycles. The smallest absolute Gasteiger partial charge is 0.268 e. The van der Waals surface area contributed by atoms with Crippen LogP contribution in [-0.4, -0.2) is 74.8 Å². The number of aliphatic hydroxyl groups is 1. The van der Waals surface area contributed by atoms with Gasteiger partial charge < -0.3 is 24.4 Å². The third-order valence-electron chi connectivity index (χ3n) is 11.2. The molecule has 0 aliphatic carbocycles. The van der Waals surface area contributed by atoms with Crippen LogP contribution in [0.4, 0.5) is 17.1 Å². The molecule has 5 atom stereocenters. The number of aliphatic hydroxyl groups excluding tert-OH is 1. The third kappa shape index (κ3) is 4.91. The van der Waals surface area contributed by atoms with E-state index in [0.29, 0.717) is 19.5 Å². The van der Waals surface area contributed by atoms with Crippen LogP contribution < -0.4 is 19.7 Å². The van der Waals surface area contributed by atoms with Gasteiger partial charge in [0.25, 0.3) is 5.91 Å². The first-order valence-electron chi connectivity index (χ1n) is 16.7. The summed E-state index contributed by atoms with van der Waals surface area (Å²) >= 11 is 0. The highest BCUT2D eigenvalue weighted by Gasteiger charge is 2.67. The molecule has 1 N–H and O–H groups in total. The van der Waals surface area contributed by atoms with Crippen LogP contribution >= 0.6 is 0 Å².